The molecule has 4 aliphatic carbocycles. The van der Waals surface area contributed by atoms with Crippen LogP contribution in [0.2, 0.25) is 0 Å². The standard InChI is InChI=1S/C54H58FN3O11/c1-31-23-43-42-18-16-38-25-40(59)19-21-51(38,5)53(42,55)44(60)26-52(43,6)54(31,66)45(61)30-68-48(64)35-13-11-34(12-14-35)47(63)67-29-32-7-9-33(10-8-32)41(28-57-49(65)69-50(2,3)4)46(62)58-39-17-15-37-27-56-22-20-36(37)24-39/h7-15,17,19-22,24-25,27,31,41-44,60,66H,16,18,23,26,28-30H2,1-6H3,(H,57,65)(H,58,62)/t31-,41-,42+,43+,44+,51+,52+,53+,54+/m1/s1. The zero-order valence-corrected chi connectivity index (χ0v) is 39.5. The summed E-state index contributed by atoms with van der Waals surface area (Å²) in [5, 5.41) is 31.4. The number of allylic oxidation sites excluding steroid dienone is 4. The van der Waals surface area contributed by atoms with Gasteiger partial charge in [0.1, 0.15) is 17.8 Å². The van der Waals surface area contributed by atoms with Crippen molar-refractivity contribution in [2.24, 2.45) is 28.6 Å². The average Bonchev–Trinajstić information content (AvgIpc) is 3.51. The minimum absolute atomic E-state index is 0.0387. The summed E-state index contributed by atoms with van der Waals surface area (Å²) in [7, 11) is 0. The maximum atomic E-state index is 17.6. The fourth-order valence-corrected chi connectivity index (χ4v) is 11.5. The van der Waals surface area contributed by atoms with E-state index in [1.165, 1.54) is 36.4 Å². The first-order chi connectivity index (χ1) is 32.6. The minimum atomic E-state index is -2.13. The third-order valence-electron chi connectivity index (χ3n) is 15.2. The lowest BCUT2D eigenvalue weighted by Gasteiger charge is -2.62. The number of halogens is 1. The van der Waals surface area contributed by atoms with Crippen LogP contribution >= 0.6 is 0 Å². The molecule has 0 unspecified atom stereocenters. The highest BCUT2D eigenvalue weighted by Crippen LogP contribution is 2.70. The summed E-state index contributed by atoms with van der Waals surface area (Å²) in [6, 6.07) is 19.6. The zero-order valence-electron chi connectivity index (χ0n) is 39.5. The second-order valence-electron chi connectivity index (χ2n) is 20.4. The Morgan fingerprint density at radius 2 is 1.59 bits per heavy atom. The number of aliphatic hydroxyl groups excluding tert-OH is 1. The fraction of sp³-hybridized carbons (Fsp3) is 0.426. The summed E-state index contributed by atoms with van der Waals surface area (Å²) in [6.07, 6.45) is 6.40. The van der Waals surface area contributed by atoms with E-state index in [1.807, 2.05) is 18.2 Å². The number of alkyl halides is 1. The SMILES string of the molecule is C[C@@H]1C[C@H]2[C@@H]3CCC4=CC(=O)C=C[C@]4(C)[C@@]3(F)[C@@H](O)C[C@]2(C)[C@@]1(O)C(=O)COC(=O)c1ccc(C(=O)OCc2ccc([C@@H](CNC(=O)OC(C)(C)C)C(=O)Nc3ccc4cnccc4c3)cc2)cc1. The van der Waals surface area contributed by atoms with Gasteiger partial charge in [-0.3, -0.25) is 19.4 Å². The number of rotatable bonds is 12. The number of carbonyl (C=O) groups excluding carboxylic acids is 6. The lowest BCUT2D eigenvalue weighted by Crippen LogP contribution is -2.69. The molecule has 3 aromatic carbocycles. The highest BCUT2D eigenvalue weighted by molar-refractivity contribution is 6.01. The number of ketones is 2. The Balaban J connectivity index is 0.868. The van der Waals surface area contributed by atoms with Crippen LogP contribution in [0.4, 0.5) is 14.9 Å². The molecular weight excluding hydrogens is 886 g/mol. The zero-order chi connectivity index (χ0) is 49.7. The molecule has 8 rings (SSSR count). The average molecular weight is 944 g/mol. The number of benzene rings is 3. The number of alkyl carbamates (subject to hydrolysis) is 1. The van der Waals surface area contributed by atoms with E-state index in [0.29, 0.717) is 41.6 Å². The lowest BCUT2D eigenvalue weighted by molar-refractivity contribution is -0.219. The van der Waals surface area contributed by atoms with Crippen molar-refractivity contribution in [3.8, 4) is 0 Å². The second kappa shape index (κ2) is 18.4. The third kappa shape index (κ3) is 8.98. The van der Waals surface area contributed by atoms with Crippen LogP contribution in [-0.4, -0.2) is 86.8 Å². The van der Waals surface area contributed by atoms with Crippen LogP contribution in [0.25, 0.3) is 10.8 Å². The summed E-state index contributed by atoms with van der Waals surface area (Å²) in [4.78, 5) is 82.9. The second-order valence-corrected chi connectivity index (χ2v) is 20.4. The number of anilines is 1. The Morgan fingerprint density at radius 3 is 2.28 bits per heavy atom. The van der Waals surface area contributed by atoms with E-state index in [2.05, 4.69) is 15.6 Å². The van der Waals surface area contributed by atoms with Gasteiger partial charge in [0.25, 0.3) is 0 Å². The van der Waals surface area contributed by atoms with Crippen molar-refractivity contribution in [2.75, 3.05) is 18.5 Å². The predicted molar refractivity (Wildman–Crippen MR) is 252 cm³/mol. The molecule has 4 aromatic rings. The fourth-order valence-electron chi connectivity index (χ4n) is 11.5. The van der Waals surface area contributed by atoms with Crippen LogP contribution in [0.3, 0.4) is 0 Å². The van der Waals surface area contributed by atoms with E-state index in [0.717, 1.165) is 10.8 Å². The van der Waals surface area contributed by atoms with Crippen molar-refractivity contribution in [3.05, 3.63) is 131 Å². The number of hydrogen-bond donors (Lipinski definition) is 4. The largest absolute Gasteiger partial charge is 0.457 e. The maximum absolute atomic E-state index is 17.6. The highest BCUT2D eigenvalue weighted by atomic mass is 19.1. The van der Waals surface area contributed by atoms with E-state index < -0.39 is 87.9 Å². The molecule has 9 atom stereocenters. The summed E-state index contributed by atoms with van der Waals surface area (Å²) in [5.41, 5.74) is -4.79. The number of nitrogens with zero attached hydrogens (tertiary/aromatic N) is 1. The molecule has 1 heterocycles. The molecular formula is C54H58FN3O11. The van der Waals surface area contributed by atoms with Gasteiger partial charge >= 0.3 is 18.0 Å². The van der Waals surface area contributed by atoms with Gasteiger partial charge in [-0.2, -0.15) is 0 Å². The Bertz CT molecular complexity index is 2770. The molecule has 4 N–H and O–H groups in total. The van der Waals surface area contributed by atoms with E-state index in [4.69, 9.17) is 14.2 Å². The monoisotopic (exact) mass is 943 g/mol. The number of fused-ring (bicyclic) bond motifs is 6. The topological polar surface area (TPSA) is 208 Å². The molecule has 0 spiro atoms. The van der Waals surface area contributed by atoms with Gasteiger partial charge in [-0.1, -0.05) is 55.8 Å². The van der Waals surface area contributed by atoms with Crippen molar-refractivity contribution in [2.45, 2.75) is 103 Å². The number of aliphatic hydroxyl groups is 2. The molecule has 1 aromatic heterocycles. The van der Waals surface area contributed by atoms with Gasteiger partial charge in [-0.15, -0.1) is 0 Å². The number of carbonyl (C=O) groups is 6. The smallest absolute Gasteiger partial charge is 0.407 e. The molecule has 0 saturated heterocycles. The number of aromatic nitrogens is 1. The van der Waals surface area contributed by atoms with E-state index >= 15 is 4.39 Å². The lowest BCUT2D eigenvalue weighted by atomic mass is 9.44. The van der Waals surface area contributed by atoms with Gasteiger partial charge < -0.3 is 35.1 Å². The van der Waals surface area contributed by atoms with Crippen LogP contribution in [-0.2, 0) is 35.2 Å². The molecule has 0 aliphatic heterocycles. The summed E-state index contributed by atoms with van der Waals surface area (Å²) >= 11 is 0. The molecule has 14 nitrogen and oxygen atoms in total. The van der Waals surface area contributed by atoms with E-state index in [-0.39, 0.29) is 42.4 Å². The molecule has 69 heavy (non-hydrogen) atoms. The normalized spacial score (nSPS) is 28.5. The molecule has 0 radical (unpaired) electrons. The highest BCUT2D eigenvalue weighted by Gasteiger charge is 2.75. The molecule has 3 saturated carbocycles. The number of amides is 2. The first-order valence-electron chi connectivity index (χ1n) is 23.3. The van der Waals surface area contributed by atoms with Crippen molar-refractivity contribution >= 4 is 52.0 Å². The first kappa shape index (κ1) is 48.9. The molecule has 2 amide bonds. The van der Waals surface area contributed by atoms with Crippen molar-refractivity contribution in [1.82, 2.24) is 10.3 Å². The van der Waals surface area contributed by atoms with Crippen LogP contribution in [0.1, 0.15) is 105 Å². The summed E-state index contributed by atoms with van der Waals surface area (Å²) in [5.74, 6) is -5.54. The molecule has 4 aliphatic rings. The van der Waals surface area contributed by atoms with Gasteiger partial charge in [0.05, 0.1) is 23.1 Å². The van der Waals surface area contributed by atoms with Crippen LogP contribution < -0.4 is 10.6 Å². The van der Waals surface area contributed by atoms with Gasteiger partial charge in [-0.25, -0.2) is 18.8 Å². The maximum Gasteiger partial charge on any atom is 0.407 e. The Hall–Kier alpha value is -6.58. The Labute approximate surface area is 399 Å². The van der Waals surface area contributed by atoms with Gasteiger partial charge in [0.15, 0.2) is 18.1 Å². The van der Waals surface area contributed by atoms with E-state index in [1.54, 1.807) is 90.3 Å². The number of hydrogen-bond acceptors (Lipinski definition) is 12. The summed E-state index contributed by atoms with van der Waals surface area (Å²) in [6.45, 7) is 9.40. The van der Waals surface area contributed by atoms with Gasteiger partial charge in [0.2, 0.25) is 11.7 Å². The van der Waals surface area contributed by atoms with Crippen LogP contribution in [0.5, 0.6) is 0 Å². The summed E-state index contributed by atoms with van der Waals surface area (Å²) < 4.78 is 33.9. The number of pyridine rings is 1. The number of ether oxygens (including phenoxy) is 3. The molecule has 15 heteroatoms. The molecule has 362 valence electrons. The molecule has 0 bridgehead atoms. The van der Waals surface area contributed by atoms with Crippen LogP contribution in [0, 0.1) is 28.6 Å². The number of Topliss-reactive ketones (excluding diaryl/α,β-unsaturated/α-hetero) is 1. The van der Waals surface area contributed by atoms with Crippen LogP contribution in [0.15, 0.2) is 109 Å². The van der Waals surface area contributed by atoms with E-state index in [9.17, 15) is 39.0 Å². The predicted octanol–water partition coefficient (Wildman–Crippen LogP) is 7.91. The first-order valence-corrected chi connectivity index (χ1v) is 23.3. The van der Waals surface area contributed by atoms with Gasteiger partial charge in [0, 0.05) is 46.8 Å². The Morgan fingerprint density at radius 1 is 0.913 bits per heavy atom. The minimum Gasteiger partial charge on any atom is -0.457 e. The van der Waals surface area contributed by atoms with Crippen molar-refractivity contribution in [1.29, 1.82) is 0 Å². The molecule has 3 fully saturated rings. The van der Waals surface area contributed by atoms with Crippen molar-refractivity contribution < 1.29 is 57.6 Å². The Kier molecular flexibility index (Phi) is 13.0. The number of esters is 2. The quantitative estimate of drug-likeness (QED) is 0.0790. The van der Waals surface area contributed by atoms with Gasteiger partial charge in [-0.05, 0) is 136 Å². The number of nitrogens with one attached hydrogen (secondary N) is 2. The third-order valence-corrected chi connectivity index (χ3v) is 15.2. The van der Waals surface area contributed by atoms with Crippen molar-refractivity contribution in [3.63, 3.8) is 0 Å².